The van der Waals surface area contributed by atoms with Gasteiger partial charge in [0.05, 0.1) is 4.90 Å². The molecule has 1 heterocycles. The summed E-state index contributed by atoms with van der Waals surface area (Å²) in [6.07, 6.45) is 0. The molecule has 5 nitrogen and oxygen atoms in total. The summed E-state index contributed by atoms with van der Waals surface area (Å²) in [5.74, 6) is -0.134. The van der Waals surface area contributed by atoms with Crippen LogP contribution in [0.4, 0.5) is 0 Å². The number of hydrogen-bond donors (Lipinski definition) is 0. The maximum Gasteiger partial charge on any atom is 0.243 e. The van der Waals surface area contributed by atoms with E-state index in [4.69, 9.17) is 0 Å². The summed E-state index contributed by atoms with van der Waals surface area (Å²) in [6, 6.07) is 14.7. The zero-order valence-corrected chi connectivity index (χ0v) is 16.0. The maximum atomic E-state index is 12.9. The van der Waals surface area contributed by atoms with Crippen LogP contribution in [-0.4, -0.2) is 49.6 Å². The second kappa shape index (κ2) is 7.70. The summed E-state index contributed by atoms with van der Waals surface area (Å²) in [6.45, 7) is 6.63. The van der Waals surface area contributed by atoms with Crippen LogP contribution in [0.5, 0.6) is 0 Å². The summed E-state index contributed by atoms with van der Waals surface area (Å²) in [7, 11) is -3.57. The van der Waals surface area contributed by atoms with Crippen LogP contribution in [0.25, 0.3) is 0 Å². The van der Waals surface area contributed by atoms with Crippen LogP contribution >= 0.6 is 0 Å². The van der Waals surface area contributed by atoms with Gasteiger partial charge in [0.2, 0.25) is 10.0 Å². The first kappa shape index (κ1) is 18.8. The van der Waals surface area contributed by atoms with Crippen molar-refractivity contribution in [2.45, 2.75) is 25.3 Å². The van der Waals surface area contributed by atoms with Crippen molar-refractivity contribution in [3.8, 4) is 0 Å². The van der Waals surface area contributed by atoms with Crippen LogP contribution in [0, 0.1) is 6.92 Å². The average Bonchev–Trinajstić information content (AvgIpc) is 2.64. The van der Waals surface area contributed by atoms with E-state index in [1.807, 2.05) is 0 Å². The smallest absolute Gasteiger partial charge is 0.243 e. The number of benzene rings is 2. The van der Waals surface area contributed by atoms with Crippen LogP contribution in [0.15, 0.2) is 53.4 Å². The Labute approximate surface area is 155 Å². The third-order valence-electron chi connectivity index (χ3n) is 4.74. The predicted molar refractivity (Wildman–Crippen MR) is 102 cm³/mol. The maximum absolute atomic E-state index is 12.9. The van der Waals surface area contributed by atoms with Gasteiger partial charge < -0.3 is 0 Å². The van der Waals surface area contributed by atoms with Crippen molar-refractivity contribution in [1.82, 2.24) is 9.21 Å². The highest BCUT2D eigenvalue weighted by atomic mass is 32.2. The summed E-state index contributed by atoms with van der Waals surface area (Å²) in [4.78, 5) is 14.0. The second-order valence-electron chi connectivity index (χ2n) is 6.75. The molecule has 1 saturated heterocycles. The number of carbonyl (C=O) groups is 1. The fraction of sp³-hybridized carbons (Fsp3) is 0.350. The lowest BCUT2D eigenvalue weighted by atomic mass is 10.1. The molecule has 0 aromatic heterocycles. The lowest BCUT2D eigenvalue weighted by Crippen LogP contribution is -2.48. The van der Waals surface area contributed by atoms with E-state index in [9.17, 15) is 13.2 Å². The van der Waals surface area contributed by atoms with Gasteiger partial charge in [0.15, 0.2) is 5.78 Å². The van der Waals surface area contributed by atoms with Crippen LogP contribution in [0.2, 0.25) is 0 Å². The molecule has 0 saturated carbocycles. The van der Waals surface area contributed by atoms with Gasteiger partial charge in [-0.3, -0.25) is 9.69 Å². The molecular formula is C20H24N2O3S. The number of Topliss-reactive ketones (excluding diaryl/α,β-unsaturated/α-hetero) is 1. The predicted octanol–water partition coefficient (Wildman–Crippen LogP) is 2.70. The van der Waals surface area contributed by atoms with Crippen LogP contribution in [0.1, 0.15) is 28.4 Å². The third-order valence-corrected chi connectivity index (χ3v) is 6.63. The minimum absolute atomic E-state index is 0.134. The van der Waals surface area contributed by atoms with Gasteiger partial charge in [-0.1, -0.05) is 42.0 Å². The Morgan fingerprint density at radius 1 is 1.00 bits per heavy atom. The molecular weight excluding hydrogens is 348 g/mol. The van der Waals surface area contributed by atoms with Gasteiger partial charge in [-0.15, -0.1) is 0 Å². The summed E-state index contributed by atoms with van der Waals surface area (Å²) in [5.41, 5.74) is 2.89. The number of rotatable bonds is 5. The van der Waals surface area contributed by atoms with Crippen molar-refractivity contribution in [1.29, 1.82) is 0 Å². The van der Waals surface area contributed by atoms with E-state index in [1.54, 1.807) is 18.2 Å². The first-order chi connectivity index (χ1) is 12.4. The van der Waals surface area contributed by atoms with Gasteiger partial charge in [-0.25, -0.2) is 8.42 Å². The summed E-state index contributed by atoms with van der Waals surface area (Å²) >= 11 is 0. The van der Waals surface area contributed by atoms with Crippen molar-refractivity contribution in [3.63, 3.8) is 0 Å². The Morgan fingerprint density at radius 2 is 1.65 bits per heavy atom. The van der Waals surface area contributed by atoms with Crippen LogP contribution in [0.3, 0.4) is 0 Å². The van der Waals surface area contributed by atoms with E-state index in [2.05, 4.69) is 36.1 Å². The molecule has 0 bridgehead atoms. The van der Waals surface area contributed by atoms with E-state index in [-0.39, 0.29) is 10.7 Å². The molecule has 0 N–H and O–H groups in total. The zero-order chi connectivity index (χ0) is 18.7. The standard InChI is InChI=1S/C20H24N2O3S/c1-16-6-8-18(9-7-16)15-21-10-12-22(13-11-21)26(24,25)20-5-3-4-19(14-20)17(2)23/h3-9,14H,10-13,15H2,1-2H3. The van der Waals surface area contributed by atoms with Gasteiger partial charge in [0.25, 0.3) is 0 Å². The largest absolute Gasteiger partial charge is 0.296 e. The number of nitrogens with zero attached hydrogens (tertiary/aromatic N) is 2. The Morgan fingerprint density at radius 3 is 2.27 bits per heavy atom. The number of carbonyl (C=O) groups excluding carboxylic acids is 1. The molecule has 3 rings (SSSR count). The normalized spacial score (nSPS) is 16.5. The van der Waals surface area contributed by atoms with E-state index in [0.717, 1.165) is 6.54 Å². The highest BCUT2D eigenvalue weighted by Crippen LogP contribution is 2.20. The molecule has 0 unspecified atom stereocenters. The molecule has 2 aromatic rings. The van der Waals surface area contributed by atoms with Crippen molar-refractivity contribution in [2.75, 3.05) is 26.2 Å². The van der Waals surface area contributed by atoms with Crippen molar-refractivity contribution < 1.29 is 13.2 Å². The molecule has 0 amide bonds. The highest BCUT2D eigenvalue weighted by Gasteiger charge is 2.28. The van der Waals surface area contributed by atoms with Gasteiger partial charge >= 0.3 is 0 Å². The minimum Gasteiger partial charge on any atom is -0.296 e. The van der Waals surface area contributed by atoms with E-state index >= 15 is 0 Å². The lowest BCUT2D eigenvalue weighted by Gasteiger charge is -2.34. The molecule has 26 heavy (non-hydrogen) atoms. The summed E-state index contributed by atoms with van der Waals surface area (Å²) < 4.78 is 27.2. The molecule has 0 radical (unpaired) electrons. The molecule has 0 atom stereocenters. The molecule has 1 aliphatic rings. The number of aryl methyl sites for hydroxylation is 1. The van der Waals surface area contributed by atoms with Gasteiger partial charge in [-0.2, -0.15) is 4.31 Å². The number of hydrogen-bond acceptors (Lipinski definition) is 4. The first-order valence-corrected chi connectivity index (χ1v) is 10.2. The van der Waals surface area contributed by atoms with Crippen molar-refractivity contribution >= 4 is 15.8 Å². The van der Waals surface area contributed by atoms with E-state index in [0.29, 0.717) is 31.7 Å². The highest BCUT2D eigenvalue weighted by molar-refractivity contribution is 7.89. The Balaban J connectivity index is 1.66. The van der Waals surface area contributed by atoms with Crippen LogP contribution in [-0.2, 0) is 16.6 Å². The van der Waals surface area contributed by atoms with Crippen molar-refractivity contribution in [2.24, 2.45) is 0 Å². The zero-order valence-electron chi connectivity index (χ0n) is 15.2. The van der Waals surface area contributed by atoms with E-state index in [1.165, 1.54) is 28.4 Å². The fourth-order valence-corrected chi connectivity index (χ4v) is 4.57. The first-order valence-electron chi connectivity index (χ1n) is 8.75. The Bertz CT molecular complexity index is 884. The van der Waals surface area contributed by atoms with Gasteiger partial charge in [0, 0.05) is 38.3 Å². The molecule has 6 heteroatoms. The van der Waals surface area contributed by atoms with E-state index < -0.39 is 10.0 Å². The molecule has 0 aliphatic carbocycles. The quantitative estimate of drug-likeness (QED) is 0.757. The number of sulfonamides is 1. The SMILES string of the molecule is CC(=O)c1cccc(S(=O)(=O)N2CCN(Cc3ccc(C)cc3)CC2)c1. The second-order valence-corrected chi connectivity index (χ2v) is 8.69. The number of piperazine rings is 1. The topological polar surface area (TPSA) is 57.7 Å². The molecule has 1 aliphatic heterocycles. The molecule has 0 spiro atoms. The average molecular weight is 372 g/mol. The third kappa shape index (κ3) is 4.20. The minimum atomic E-state index is -3.57. The Hall–Kier alpha value is -2.02. The lowest BCUT2D eigenvalue weighted by molar-refractivity contribution is 0.101. The summed E-state index contributed by atoms with van der Waals surface area (Å²) in [5, 5.41) is 0. The van der Waals surface area contributed by atoms with Crippen molar-refractivity contribution in [3.05, 3.63) is 65.2 Å². The number of ketones is 1. The molecule has 1 fully saturated rings. The fourth-order valence-electron chi connectivity index (χ4n) is 3.10. The monoisotopic (exact) mass is 372 g/mol. The van der Waals surface area contributed by atoms with Gasteiger partial charge in [0.1, 0.15) is 0 Å². The molecule has 138 valence electrons. The molecule has 2 aromatic carbocycles. The Kier molecular flexibility index (Phi) is 5.55. The van der Waals surface area contributed by atoms with Gasteiger partial charge in [-0.05, 0) is 31.5 Å². The van der Waals surface area contributed by atoms with Crippen LogP contribution < -0.4 is 0 Å².